The van der Waals surface area contributed by atoms with Gasteiger partial charge in [0.25, 0.3) is 0 Å². The zero-order valence-corrected chi connectivity index (χ0v) is 27.1. The Kier molecular flexibility index (Phi) is 8.74. The number of fused-ring (bicyclic) bond motifs is 2. The maximum Gasteiger partial charge on any atom is 0.318 e. The Morgan fingerprint density at radius 1 is 1.34 bits per heavy atom. The van der Waals surface area contributed by atoms with E-state index in [1.54, 1.807) is 30.1 Å². The molecule has 0 unspecified atom stereocenters. The van der Waals surface area contributed by atoms with Crippen LogP contribution in [0.5, 0.6) is 17.5 Å². The van der Waals surface area contributed by atoms with Crippen LogP contribution in [0.3, 0.4) is 0 Å². The Morgan fingerprint density at radius 2 is 2.11 bits per heavy atom. The minimum absolute atomic E-state index is 0.0297. The average Bonchev–Trinajstić information content (AvgIpc) is 3.64. The summed E-state index contributed by atoms with van der Waals surface area (Å²) in [6.45, 7) is 6.74. The number of hydrogen-bond acceptors (Lipinski definition) is 8. The van der Waals surface area contributed by atoms with E-state index in [1.807, 2.05) is 18.9 Å². The van der Waals surface area contributed by atoms with Gasteiger partial charge < -0.3 is 24.8 Å². The summed E-state index contributed by atoms with van der Waals surface area (Å²) in [5.41, 5.74) is 0.361. The number of amides is 1. The third-order valence-electron chi connectivity index (χ3n) is 10.4. The van der Waals surface area contributed by atoms with E-state index in [0.29, 0.717) is 59.5 Å². The molecule has 0 radical (unpaired) electrons. The van der Waals surface area contributed by atoms with Crippen LogP contribution in [0.2, 0.25) is 0 Å². The van der Waals surface area contributed by atoms with Gasteiger partial charge in [0, 0.05) is 44.3 Å². The average molecular weight is 646 g/mol. The topological polar surface area (TPSA) is 100 Å². The second-order valence-corrected chi connectivity index (χ2v) is 13.4. The van der Waals surface area contributed by atoms with Crippen molar-refractivity contribution in [3.63, 3.8) is 0 Å². The molecule has 3 heterocycles. The molecule has 1 aliphatic carbocycles. The highest BCUT2D eigenvalue weighted by Crippen LogP contribution is 2.42. The highest BCUT2D eigenvalue weighted by Gasteiger charge is 2.42. The number of aromatic hydroxyl groups is 1. The first-order valence-electron chi connectivity index (χ1n) is 16.0. The minimum Gasteiger partial charge on any atom is -0.508 e. The Morgan fingerprint density at radius 3 is 2.79 bits per heavy atom. The van der Waals surface area contributed by atoms with Crippen LogP contribution in [0.1, 0.15) is 61.8 Å². The van der Waals surface area contributed by atoms with Gasteiger partial charge in [-0.25, -0.2) is 8.78 Å². The van der Waals surface area contributed by atoms with E-state index in [9.17, 15) is 18.7 Å². The number of likely N-dealkylation sites (tertiary alicyclic amines) is 1. The number of carbonyl (C=O) groups excluding carboxylic acids is 1. The van der Waals surface area contributed by atoms with Gasteiger partial charge in [0.05, 0.1) is 28.9 Å². The van der Waals surface area contributed by atoms with Crippen molar-refractivity contribution in [2.75, 3.05) is 45.7 Å². The molecule has 0 spiro atoms. The van der Waals surface area contributed by atoms with Crippen LogP contribution in [0.25, 0.3) is 10.8 Å². The number of rotatable bonds is 9. The summed E-state index contributed by atoms with van der Waals surface area (Å²) in [5, 5.41) is 15.2. The van der Waals surface area contributed by atoms with E-state index >= 15 is 0 Å². The molecule has 1 saturated heterocycles. The summed E-state index contributed by atoms with van der Waals surface area (Å²) in [6, 6.07) is 6.16. The van der Waals surface area contributed by atoms with Crippen molar-refractivity contribution in [2.45, 2.75) is 68.6 Å². The predicted molar refractivity (Wildman–Crippen MR) is 176 cm³/mol. The van der Waals surface area contributed by atoms with Crippen molar-refractivity contribution in [1.82, 2.24) is 19.8 Å². The number of anilines is 1. The summed E-state index contributed by atoms with van der Waals surface area (Å²) in [6.07, 6.45) is 10.4. The van der Waals surface area contributed by atoms with Gasteiger partial charge >= 0.3 is 6.01 Å². The zero-order valence-electron chi connectivity index (χ0n) is 27.1. The lowest BCUT2D eigenvalue weighted by Crippen LogP contribution is -2.51. The van der Waals surface area contributed by atoms with Crippen molar-refractivity contribution in [1.29, 1.82) is 0 Å². The van der Waals surface area contributed by atoms with Crippen LogP contribution in [0, 0.1) is 18.2 Å². The van der Waals surface area contributed by atoms with Gasteiger partial charge in [-0.05, 0) is 62.0 Å². The monoisotopic (exact) mass is 645 g/mol. The molecule has 2 fully saturated rings. The van der Waals surface area contributed by atoms with E-state index < -0.39 is 23.1 Å². The first kappa shape index (κ1) is 32.5. The second-order valence-electron chi connectivity index (χ2n) is 13.4. The number of hydrogen-bond donors (Lipinski definition) is 2. The molecule has 1 amide bonds. The fourth-order valence-corrected chi connectivity index (χ4v) is 7.43. The lowest BCUT2D eigenvalue weighted by molar-refractivity contribution is -0.129. The van der Waals surface area contributed by atoms with Gasteiger partial charge in [0.1, 0.15) is 24.3 Å². The normalized spacial score (nSPS) is 23.5. The molecule has 2 N–H and O–H groups in total. The first-order chi connectivity index (χ1) is 22.5. The summed E-state index contributed by atoms with van der Waals surface area (Å²) >= 11 is 0. The van der Waals surface area contributed by atoms with Crippen LogP contribution >= 0.6 is 0 Å². The van der Waals surface area contributed by atoms with Crippen LogP contribution in [-0.4, -0.2) is 88.4 Å². The van der Waals surface area contributed by atoms with E-state index in [2.05, 4.69) is 17.8 Å². The number of terminal acetylenes is 1. The van der Waals surface area contributed by atoms with Crippen molar-refractivity contribution in [3.8, 4) is 29.9 Å². The Balaban J connectivity index is 1.36. The fourth-order valence-electron chi connectivity index (χ4n) is 7.43. The smallest absolute Gasteiger partial charge is 0.318 e. The highest BCUT2D eigenvalue weighted by atomic mass is 19.1. The molecule has 248 valence electrons. The molecule has 9 nitrogen and oxygen atoms in total. The van der Waals surface area contributed by atoms with Crippen LogP contribution in [0.15, 0.2) is 36.9 Å². The number of phenolic OH excluding ortho intramolecular Hbond substituents is 1. The standard InChI is InChI=1S/C36H41F2N5O4/c1-6-26-28(38)11-10-22-14-25(44)16-27(31(22)26)23-15-29-32(46-19-23)33(39-20-36(12-8-9-13-36)43(5)30(45)7-2)41-34(40-29)47-21-35(3)17-24(37)18-42(35)4/h1,7,10-11,14,16,23-24,44H,2,8-9,12-13,15,17-21H2,3-5H3,(H,39,40,41)/t23-,24+,35-/m0/s1. The number of nitrogens with one attached hydrogen (secondary N) is 1. The quantitative estimate of drug-likeness (QED) is 0.237. The van der Waals surface area contributed by atoms with E-state index in [4.69, 9.17) is 25.9 Å². The fraction of sp³-hybridized carbons (Fsp3) is 0.472. The Labute approximate surface area is 274 Å². The van der Waals surface area contributed by atoms with Gasteiger partial charge in [0.2, 0.25) is 5.91 Å². The van der Waals surface area contributed by atoms with Gasteiger partial charge in [-0.15, -0.1) is 6.42 Å². The van der Waals surface area contributed by atoms with Crippen molar-refractivity contribution >= 4 is 22.5 Å². The lowest BCUT2D eigenvalue weighted by Gasteiger charge is -2.39. The van der Waals surface area contributed by atoms with Gasteiger partial charge in [-0.3, -0.25) is 9.69 Å². The lowest BCUT2D eigenvalue weighted by atomic mass is 9.87. The predicted octanol–water partition coefficient (Wildman–Crippen LogP) is 5.35. The molecule has 1 saturated carbocycles. The number of nitrogens with zero attached hydrogens (tertiary/aromatic N) is 4. The van der Waals surface area contributed by atoms with Crippen molar-refractivity contribution in [2.24, 2.45) is 0 Å². The zero-order chi connectivity index (χ0) is 33.5. The van der Waals surface area contributed by atoms with Crippen LogP contribution < -0.4 is 14.8 Å². The molecule has 47 heavy (non-hydrogen) atoms. The number of likely N-dealkylation sites (N-methyl/N-ethyl adjacent to an activating group) is 2. The number of phenols is 1. The number of halogens is 2. The van der Waals surface area contributed by atoms with Crippen molar-refractivity contribution < 1.29 is 28.2 Å². The van der Waals surface area contributed by atoms with Crippen LogP contribution in [0.4, 0.5) is 14.6 Å². The Hall–Kier alpha value is -4.43. The van der Waals surface area contributed by atoms with Crippen molar-refractivity contribution in [3.05, 3.63) is 59.6 Å². The van der Waals surface area contributed by atoms with E-state index in [-0.39, 0.29) is 42.4 Å². The molecule has 6 rings (SSSR count). The maximum absolute atomic E-state index is 14.8. The van der Waals surface area contributed by atoms with Crippen LogP contribution in [-0.2, 0) is 11.2 Å². The van der Waals surface area contributed by atoms with Gasteiger partial charge in [-0.1, -0.05) is 31.4 Å². The molecule has 1 aromatic heterocycles. The summed E-state index contributed by atoms with van der Waals surface area (Å²) < 4.78 is 41.7. The number of aromatic nitrogens is 2. The largest absolute Gasteiger partial charge is 0.508 e. The molecule has 2 aliphatic heterocycles. The number of ether oxygens (including phenoxy) is 2. The number of benzene rings is 2. The molecule has 2 aromatic carbocycles. The molecule has 0 bridgehead atoms. The van der Waals surface area contributed by atoms with Gasteiger partial charge in [-0.2, -0.15) is 9.97 Å². The molecular formula is C36H41F2N5O4. The third kappa shape index (κ3) is 6.07. The first-order valence-corrected chi connectivity index (χ1v) is 16.0. The SMILES string of the molecule is C#Cc1c(F)ccc2cc(O)cc([C@@H]3COc4c(nc(OC[C@]5(C)C[C@@H](F)CN5C)nc4NCC4(N(C)C(=O)C=C)CCCC4)C3)c12. The maximum atomic E-state index is 14.8. The summed E-state index contributed by atoms with van der Waals surface area (Å²) in [7, 11) is 3.67. The molecule has 11 heteroatoms. The van der Waals surface area contributed by atoms with E-state index in [1.165, 1.54) is 12.1 Å². The highest BCUT2D eigenvalue weighted by molar-refractivity contribution is 5.93. The minimum atomic E-state index is -0.947. The third-order valence-corrected chi connectivity index (χ3v) is 10.4. The summed E-state index contributed by atoms with van der Waals surface area (Å²) in [5.74, 6) is 2.40. The molecular weight excluding hydrogens is 604 g/mol. The second kappa shape index (κ2) is 12.6. The molecule has 3 aliphatic rings. The molecule has 3 aromatic rings. The molecule has 3 atom stereocenters. The van der Waals surface area contributed by atoms with E-state index in [0.717, 1.165) is 25.7 Å². The van der Waals surface area contributed by atoms with Gasteiger partial charge in [0.15, 0.2) is 11.6 Å². The Bertz CT molecular complexity index is 1750. The number of carbonyl (C=O) groups is 1. The summed E-state index contributed by atoms with van der Waals surface area (Å²) in [4.78, 5) is 25.8. The number of alkyl halides is 1.